The first-order chi connectivity index (χ1) is 11.2. The van der Waals surface area contributed by atoms with Crippen molar-refractivity contribution in [1.82, 2.24) is 19.8 Å². The minimum Gasteiger partial charge on any atom is -0.356 e. The molecule has 24 heavy (non-hydrogen) atoms. The summed E-state index contributed by atoms with van der Waals surface area (Å²) in [6.07, 6.45) is 3.09. The molecular formula is C17H24IN5S. The zero-order valence-corrected chi connectivity index (χ0v) is 17.3. The third kappa shape index (κ3) is 5.14. The van der Waals surface area contributed by atoms with Crippen molar-refractivity contribution in [1.29, 1.82) is 0 Å². The molecule has 0 saturated carbocycles. The molecular weight excluding hydrogens is 433 g/mol. The van der Waals surface area contributed by atoms with Crippen molar-refractivity contribution in [3.8, 4) is 0 Å². The molecule has 0 bridgehead atoms. The maximum absolute atomic E-state index is 4.68. The zero-order chi connectivity index (χ0) is 16.1. The van der Waals surface area contributed by atoms with Crippen LogP contribution >= 0.6 is 35.7 Å². The van der Waals surface area contributed by atoms with Crippen molar-refractivity contribution in [2.75, 3.05) is 26.4 Å². The maximum atomic E-state index is 4.68. The van der Waals surface area contributed by atoms with E-state index in [1.54, 1.807) is 0 Å². The highest BCUT2D eigenvalue weighted by atomic mass is 127. The summed E-state index contributed by atoms with van der Waals surface area (Å²) in [5, 5.41) is 4.58. The Bertz CT molecular complexity index is 647. The number of imidazole rings is 1. The van der Waals surface area contributed by atoms with Gasteiger partial charge in [0.15, 0.2) is 11.1 Å². The molecule has 0 aliphatic carbocycles. The summed E-state index contributed by atoms with van der Waals surface area (Å²) in [6.45, 7) is 2.62. The fraction of sp³-hybridized carbons (Fsp3) is 0.412. The summed E-state index contributed by atoms with van der Waals surface area (Å²) in [6, 6.07) is 10.3. The molecule has 1 aromatic heterocycles. The Morgan fingerprint density at radius 3 is 2.83 bits per heavy atom. The van der Waals surface area contributed by atoms with Gasteiger partial charge in [0, 0.05) is 45.6 Å². The minimum atomic E-state index is 0. The van der Waals surface area contributed by atoms with Crippen molar-refractivity contribution in [2.45, 2.75) is 24.7 Å². The molecule has 130 valence electrons. The van der Waals surface area contributed by atoms with Crippen molar-refractivity contribution >= 4 is 41.7 Å². The van der Waals surface area contributed by atoms with Gasteiger partial charge in [-0.15, -0.1) is 24.0 Å². The molecule has 0 saturated heterocycles. The number of hydrogen-bond donors (Lipinski definition) is 1. The topological polar surface area (TPSA) is 45.5 Å². The van der Waals surface area contributed by atoms with Crippen LogP contribution in [0, 0.1) is 0 Å². The number of hydrogen-bond acceptors (Lipinski definition) is 3. The monoisotopic (exact) mass is 457 g/mol. The maximum Gasteiger partial charge on any atom is 0.193 e. The van der Waals surface area contributed by atoms with E-state index in [2.05, 4.69) is 38.2 Å². The Balaban J connectivity index is 0.00000208. The number of thioether (sulfide) groups is 1. The van der Waals surface area contributed by atoms with Crippen LogP contribution in [0.1, 0.15) is 11.3 Å². The first kappa shape index (κ1) is 19.1. The van der Waals surface area contributed by atoms with Gasteiger partial charge in [0.2, 0.25) is 0 Å². The fourth-order valence-corrected chi connectivity index (χ4v) is 3.45. The van der Waals surface area contributed by atoms with E-state index in [0.29, 0.717) is 6.54 Å². The third-order valence-corrected chi connectivity index (χ3v) is 4.67. The first-order valence-electron chi connectivity index (χ1n) is 7.91. The second kappa shape index (κ2) is 9.31. The number of aromatic nitrogens is 2. The van der Waals surface area contributed by atoms with Crippen LogP contribution in [0.5, 0.6) is 0 Å². The summed E-state index contributed by atoms with van der Waals surface area (Å²) < 4.78 is 2.25. The van der Waals surface area contributed by atoms with Gasteiger partial charge in [-0.3, -0.25) is 0 Å². The van der Waals surface area contributed by atoms with Gasteiger partial charge in [0.05, 0.1) is 12.2 Å². The number of aliphatic imine (C=N–C) groups is 1. The van der Waals surface area contributed by atoms with E-state index < -0.39 is 0 Å². The van der Waals surface area contributed by atoms with E-state index in [9.17, 15) is 0 Å². The normalized spacial score (nSPS) is 13.3. The molecule has 0 unspecified atom stereocenters. The second-order valence-corrected chi connectivity index (χ2v) is 6.82. The van der Waals surface area contributed by atoms with Gasteiger partial charge in [0.25, 0.3) is 0 Å². The average Bonchev–Trinajstić information content (AvgIpc) is 3.12. The van der Waals surface area contributed by atoms with Crippen LogP contribution in [0.3, 0.4) is 0 Å². The summed E-state index contributed by atoms with van der Waals surface area (Å²) in [7, 11) is 4.03. The van der Waals surface area contributed by atoms with Crippen molar-refractivity contribution < 1.29 is 0 Å². The highest BCUT2D eigenvalue weighted by molar-refractivity contribution is 14.0. The number of benzene rings is 1. The minimum absolute atomic E-state index is 0. The lowest BCUT2D eigenvalue weighted by atomic mass is 10.2. The fourth-order valence-electron chi connectivity index (χ4n) is 2.49. The summed E-state index contributed by atoms with van der Waals surface area (Å²) >= 11 is 1.84. The van der Waals surface area contributed by atoms with Crippen LogP contribution < -0.4 is 5.32 Å². The molecule has 1 aromatic carbocycles. The number of aryl methyl sites for hydroxylation is 1. The predicted molar refractivity (Wildman–Crippen MR) is 111 cm³/mol. The summed E-state index contributed by atoms with van der Waals surface area (Å²) in [4.78, 5) is 11.4. The number of halogens is 1. The number of guanidine groups is 1. The SMILES string of the molecule is CN(C)C(=NCc1ccccc1)NCCc1cn2c(n1)SCC2.I. The van der Waals surface area contributed by atoms with Crippen molar-refractivity contribution in [2.24, 2.45) is 4.99 Å². The summed E-state index contributed by atoms with van der Waals surface area (Å²) in [5.74, 6) is 2.06. The molecule has 1 aliphatic rings. The Morgan fingerprint density at radius 1 is 1.33 bits per heavy atom. The molecule has 7 heteroatoms. The largest absolute Gasteiger partial charge is 0.356 e. The van der Waals surface area contributed by atoms with E-state index in [4.69, 9.17) is 0 Å². The van der Waals surface area contributed by atoms with Gasteiger partial charge in [-0.1, -0.05) is 42.1 Å². The molecule has 0 atom stereocenters. The van der Waals surface area contributed by atoms with Gasteiger partial charge in [-0.05, 0) is 5.56 Å². The van der Waals surface area contributed by atoms with Crippen LogP contribution in [-0.4, -0.2) is 46.8 Å². The quantitative estimate of drug-likeness (QED) is 0.426. The Labute approximate surface area is 165 Å². The third-order valence-electron chi connectivity index (χ3n) is 3.70. The average molecular weight is 457 g/mol. The molecule has 2 heterocycles. The number of rotatable bonds is 5. The van der Waals surface area contributed by atoms with Gasteiger partial charge in [0.1, 0.15) is 0 Å². The molecule has 5 nitrogen and oxygen atoms in total. The predicted octanol–water partition coefficient (Wildman–Crippen LogP) is 2.86. The van der Waals surface area contributed by atoms with Gasteiger partial charge in [-0.2, -0.15) is 0 Å². The number of nitrogens with one attached hydrogen (secondary N) is 1. The highest BCUT2D eigenvalue weighted by Crippen LogP contribution is 2.24. The molecule has 1 N–H and O–H groups in total. The Kier molecular flexibility index (Phi) is 7.41. The lowest BCUT2D eigenvalue weighted by Crippen LogP contribution is -2.37. The van der Waals surface area contributed by atoms with Gasteiger partial charge < -0.3 is 14.8 Å². The first-order valence-corrected chi connectivity index (χ1v) is 8.89. The van der Waals surface area contributed by atoms with E-state index in [1.165, 1.54) is 5.56 Å². The van der Waals surface area contributed by atoms with Crippen LogP contribution in [0.2, 0.25) is 0 Å². The van der Waals surface area contributed by atoms with Gasteiger partial charge >= 0.3 is 0 Å². The van der Waals surface area contributed by atoms with E-state index >= 15 is 0 Å². The Morgan fingerprint density at radius 2 is 2.12 bits per heavy atom. The molecule has 0 fully saturated rings. The highest BCUT2D eigenvalue weighted by Gasteiger charge is 2.14. The van der Waals surface area contributed by atoms with Crippen LogP contribution in [0.4, 0.5) is 0 Å². The number of fused-ring (bicyclic) bond motifs is 1. The smallest absolute Gasteiger partial charge is 0.193 e. The zero-order valence-electron chi connectivity index (χ0n) is 14.1. The van der Waals surface area contributed by atoms with Gasteiger partial charge in [-0.25, -0.2) is 9.98 Å². The lowest BCUT2D eigenvalue weighted by Gasteiger charge is -2.17. The van der Waals surface area contributed by atoms with Crippen molar-refractivity contribution in [3.05, 3.63) is 47.8 Å². The van der Waals surface area contributed by atoms with Crippen LogP contribution in [0.25, 0.3) is 0 Å². The second-order valence-electron chi connectivity index (χ2n) is 5.75. The van der Waals surface area contributed by atoms with E-state index in [-0.39, 0.29) is 24.0 Å². The molecule has 1 aliphatic heterocycles. The van der Waals surface area contributed by atoms with E-state index in [0.717, 1.165) is 42.1 Å². The summed E-state index contributed by atoms with van der Waals surface area (Å²) in [5.41, 5.74) is 2.37. The van der Waals surface area contributed by atoms with E-state index in [1.807, 2.05) is 49.0 Å². The van der Waals surface area contributed by atoms with Crippen molar-refractivity contribution in [3.63, 3.8) is 0 Å². The standard InChI is InChI=1S/C17H23N5S.HI/c1-21(2)16(19-12-14-6-4-3-5-7-14)18-9-8-15-13-22-10-11-23-17(22)20-15;/h3-7,13H,8-12H2,1-2H3,(H,18,19);1H. The molecule has 3 rings (SSSR count). The molecule has 2 aromatic rings. The van der Waals surface area contributed by atoms with Crippen LogP contribution in [-0.2, 0) is 19.5 Å². The molecule has 0 spiro atoms. The number of nitrogens with zero attached hydrogens (tertiary/aromatic N) is 4. The lowest BCUT2D eigenvalue weighted by molar-refractivity contribution is 0.578. The molecule has 0 amide bonds. The Hall–Kier alpha value is -1.22. The van der Waals surface area contributed by atoms with Crippen LogP contribution in [0.15, 0.2) is 46.7 Å². The molecule has 0 radical (unpaired) electrons.